The van der Waals surface area contributed by atoms with Gasteiger partial charge in [0, 0.05) is 37.6 Å². The summed E-state index contributed by atoms with van der Waals surface area (Å²) in [5.74, 6) is 0.536. The van der Waals surface area contributed by atoms with E-state index in [2.05, 4.69) is 4.90 Å². The van der Waals surface area contributed by atoms with Crippen molar-refractivity contribution in [2.24, 2.45) is 0 Å². The first-order chi connectivity index (χ1) is 11.0. The maximum absolute atomic E-state index is 12.6. The van der Waals surface area contributed by atoms with Gasteiger partial charge >= 0.3 is 0 Å². The molecule has 1 aliphatic rings. The number of nitrogens with zero attached hydrogens (tertiary/aromatic N) is 2. The highest BCUT2D eigenvalue weighted by Gasteiger charge is 2.30. The van der Waals surface area contributed by atoms with Crippen LogP contribution < -0.4 is 0 Å². The molecule has 0 aliphatic carbocycles. The summed E-state index contributed by atoms with van der Waals surface area (Å²) >= 11 is 1.30. The fourth-order valence-electron chi connectivity index (χ4n) is 2.65. The second-order valence-electron chi connectivity index (χ2n) is 5.60. The molecule has 1 aliphatic heterocycles. The smallest absolute Gasteiger partial charge is 0.252 e. The summed E-state index contributed by atoms with van der Waals surface area (Å²) < 4.78 is 32.3. The molecule has 0 radical (unpaired) electrons. The highest BCUT2D eigenvalue weighted by atomic mass is 32.2. The van der Waals surface area contributed by atoms with Crippen LogP contribution in [0.2, 0.25) is 0 Å². The monoisotopic (exact) mass is 356 g/mol. The normalized spacial score (nSPS) is 19.0. The SMILES string of the molecule is Cc1ccc(S(=O)(=O)N2CCN(C[C@H](O)c3ccco3)CC2)s1. The van der Waals surface area contributed by atoms with E-state index in [4.69, 9.17) is 4.42 Å². The molecular formula is C15H20N2O4S2. The number of aryl methyl sites for hydroxylation is 1. The summed E-state index contributed by atoms with van der Waals surface area (Å²) in [5.41, 5.74) is 0. The molecule has 1 N–H and O–H groups in total. The molecule has 3 heterocycles. The van der Waals surface area contributed by atoms with Crippen molar-refractivity contribution < 1.29 is 17.9 Å². The number of thiophene rings is 1. The first kappa shape index (κ1) is 16.7. The molecule has 1 atom stereocenters. The maximum Gasteiger partial charge on any atom is 0.252 e. The van der Waals surface area contributed by atoms with Crippen molar-refractivity contribution in [3.05, 3.63) is 41.2 Å². The van der Waals surface area contributed by atoms with E-state index >= 15 is 0 Å². The van der Waals surface area contributed by atoms with Gasteiger partial charge in [0.15, 0.2) is 0 Å². The first-order valence-electron chi connectivity index (χ1n) is 7.47. The molecular weight excluding hydrogens is 336 g/mol. The summed E-state index contributed by atoms with van der Waals surface area (Å²) in [6.45, 7) is 4.41. The molecule has 3 rings (SSSR count). The Kier molecular flexibility index (Phi) is 4.88. The third-order valence-corrected chi connectivity index (χ3v) is 7.31. The topological polar surface area (TPSA) is 74.0 Å². The van der Waals surface area contributed by atoms with Crippen LogP contribution in [0.15, 0.2) is 39.2 Å². The number of aliphatic hydroxyl groups excluding tert-OH is 1. The third kappa shape index (κ3) is 3.67. The molecule has 0 bridgehead atoms. The van der Waals surface area contributed by atoms with E-state index in [1.165, 1.54) is 21.9 Å². The van der Waals surface area contributed by atoms with E-state index < -0.39 is 16.1 Å². The number of furan rings is 1. The Hall–Kier alpha value is -1.19. The zero-order valence-electron chi connectivity index (χ0n) is 12.9. The molecule has 0 unspecified atom stereocenters. The molecule has 23 heavy (non-hydrogen) atoms. The largest absolute Gasteiger partial charge is 0.467 e. The van der Waals surface area contributed by atoms with Gasteiger partial charge in [0.25, 0.3) is 10.0 Å². The van der Waals surface area contributed by atoms with Crippen LogP contribution in [0.3, 0.4) is 0 Å². The maximum atomic E-state index is 12.6. The van der Waals surface area contributed by atoms with Gasteiger partial charge < -0.3 is 9.52 Å². The molecule has 0 aromatic carbocycles. The number of hydrogen-bond acceptors (Lipinski definition) is 6. The lowest BCUT2D eigenvalue weighted by Gasteiger charge is -2.34. The summed E-state index contributed by atoms with van der Waals surface area (Å²) in [4.78, 5) is 3.04. The average molecular weight is 356 g/mol. The van der Waals surface area contributed by atoms with Crippen molar-refractivity contribution in [2.75, 3.05) is 32.7 Å². The van der Waals surface area contributed by atoms with Crippen LogP contribution in [0.1, 0.15) is 16.7 Å². The van der Waals surface area contributed by atoms with Crippen LogP contribution in [0.5, 0.6) is 0 Å². The zero-order valence-corrected chi connectivity index (χ0v) is 14.5. The van der Waals surface area contributed by atoms with E-state index in [0.29, 0.717) is 42.7 Å². The average Bonchev–Trinajstić information content (AvgIpc) is 3.19. The summed E-state index contributed by atoms with van der Waals surface area (Å²) in [6, 6.07) is 6.98. The summed E-state index contributed by atoms with van der Waals surface area (Å²) in [6.07, 6.45) is 0.847. The number of aliphatic hydroxyl groups is 1. The van der Waals surface area contributed by atoms with Crippen molar-refractivity contribution in [1.29, 1.82) is 0 Å². The van der Waals surface area contributed by atoms with Gasteiger partial charge in [-0.25, -0.2) is 8.42 Å². The Bertz CT molecular complexity index is 731. The fourth-order valence-corrected chi connectivity index (χ4v) is 5.51. The second kappa shape index (κ2) is 6.74. The lowest BCUT2D eigenvalue weighted by molar-refractivity contribution is 0.0777. The van der Waals surface area contributed by atoms with Crippen LogP contribution in [0, 0.1) is 6.92 Å². The van der Waals surface area contributed by atoms with Gasteiger partial charge in [0.1, 0.15) is 16.1 Å². The molecule has 1 fully saturated rings. The van der Waals surface area contributed by atoms with Gasteiger partial charge in [0.2, 0.25) is 0 Å². The standard InChI is InChI=1S/C15H20N2O4S2/c1-12-4-5-15(22-12)23(19,20)17-8-6-16(7-9-17)11-13(18)14-3-2-10-21-14/h2-5,10,13,18H,6-9,11H2,1H3/t13-/m0/s1. The fraction of sp³-hybridized carbons (Fsp3) is 0.467. The number of rotatable bonds is 5. The van der Waals surface area contributed by atoms with E-state index in [9.17, 15) is 13.5 Å². The highest BCUT2D eigenvalue weighted by molar-refractivity contribution is 7.91. The predicted molar refractivity (Wildman–Crippen MR) is 87.9 cm³/mol. The molecule has 0 saturated carbocycles. The van der Waals surface area contributed by atoms with Crippen LogP contribution in [-0.4, -0.2) is 55.5 Å². The minimum atomic E-state index is -3.39. The molecule has 6 nitrogen and oxygen atoms in total. The zero-order chi connectivity index (χ0) is 16.4. The van der Waals surface area contributed by atoms with Gasteiger partial charge in [-0.05, 0) is 31.2 Å². The molecule has 0 spiro atoms. The Morgan fingerprint density at radius 1 is 1.26 bits per heavy atom. The Labute approximate surface area is 140 Å². The Morgan fingerprint density at radius 3 is 2.57 bits per heavy atom. The van der Waals surface area contributed by atoms with Gasteiger partial charge in [-0.3, -0.25) is 4.90 Å². The van der Waals surface area contributed by atoms with Gasteiger partial charge in [-0.2, -0.15) is 4.31 Å². The molecule has 1 saturated heterocycles. The van der Waals surface area contributed by atoms with Crippen molar-refractivity contribution in [3.8, 4) is 0 Å². The van der Waals surface area contributed by atoms with Crippen LogP contribution in [0.25, 0.3) is 0 Å². The number of piperazine rings is 1. The first-order valence-corrected chi connectivity index (χ1v) is 9.73. The summed E-state index contributed by atoms with van der Waals surface area (Å²) in [7, 11) is -3.39. The van der Waals surface area contributed by atoms with Crippen LogP contribution >= 0.6 is 11.3 Å². The number of sulfonamides is 1. The molecule has 2 aromatic heterocycles. The molecule has 8 heteroatoms. The van der Waals surface area contributed by atoms with E-state index in [-0.39, 0.29) is 0 Å². The van der Waals surface area contributed by atoms with E-state index in [1.807, 2.05) is 13.0 Å². The van der Waals surface area contributed by atoms with E-state index in [1.54, 1.807) is 18.2 Å². The third-order valence-electron chi connectivity index (χ3n) is 3.94. The van der Waals surface area contributed by atoms with Crippen molar-refractivity contribution in [1.82, 2.24) is 9.21 Å². The molecule has 2 aromatic rings. The van der Waals surface area contributed by atoms with Crippen LogP contribution in [-0.2, 0) is 10.0 Å². The lowest BCUT2D eigenvalue weighted by Crippen LogP contribution is -2.49. The summed E-state index contributed by atoms with van der Waals surface area (Å²) in [5, 5.41) is 10.1. The number of hydrogen-bond donors (Lipinski definition) is 1. The van der Waals surface area contributed by atoms with Gasteiger partial charge in [-0.15, -0.1) is 11.3 Å². The molecule has 0 amide bonds. The van der Waals surface area contributed by atoms with Gasteiger partial charge in [-0.1, -0.05) is 0 Å². The Morgan fingerprint density at radius 2 is 2.00 bits per heavy atom. The Balaban J connectivity index is 1.58. The quantitative estimate of drug-likeness (QED) is 0.882. The van der Waals surface area contributed by atoms with Crippen molar-refractivity contribution in [3.63, 3.8) is 0 Å². The van der Waals surface area contributed by atoms with Crippen LogP contribution in [0.4, 0.5) is 0 Å². The van der Waals surface area contributed by atoms with Gasteiger partial charge in [0.05, 0.1) is 6.26 Å². The van der Waals surface area contributed by atoms with E-state index in [0.717, 1.165) is 4.88 Å². The predicted octanol–water partition coefficient (Wildman–Crippen LogP) is 1.69. The second-order valence-corrected chi connectivity index (χ2v) is 9.05. The van der Waals surface area contributed by atoms with Crippen molar-refractivity contribution in [2.45, 2.75) is 17.2 Å². The minimum Gasteiger partial charge on any atom is -0.467 e. The highest BCUT2D eigenvalue weighted by Crippen LogP contribution is 2.25. The van der Waals surface area contributed by atoms with Crippen molar-refractivity contribution >= 4 is 21.4 Å². The molecule has 126 valence electrons. The minimum absolute atomic E-state index is 0.402. The number of β-amino-alcohol motifs (C(OH)–C–C–N with tert-alkyl or cyclic N) is 1. The lowest BCUT2D eigenvalue weighted by atomic mass is 10.2.